The lowest BCUT2D eigenvalue weighted by Gasteiger charge is -2.28. The third-order valence-corrected chi connectivity index (χ3v) is 31.0. The van der Waals surface area contributed by atoms with Gasteiger partial charge in [0.15, 0.2) is 23.3 Å². The summed E-state index contributed by atoms with van der Waals surface area (Å²) in [6, 6.07) is 139. The molecule has 4 aromatic heterocycles. The first-order valence-corrected chi connectivity index (χ1v) is 49.6. The number of nitrogens with zero attached hydrogens (tertiary/aromatic N) is 12. The van der Waals surface area contributed by atoms with Gasteiger partial charge < -0.3 is 9.80 Å². The fourth-order valence-electron chi connectivity index (χ4n) is 24.7. The monoisotopic (exact) mass is 1850 g/mol. The van der Waals surface area contributed by atoms with Crippen molar-refractivity contribution in [3.63, 3.8) is 0 Å². The van der Waals surface area contributed by atoms with Gasteiger partial charge in [0, 0.05) is 89.4 Å². The van der Waals surface area contributed by atoms with Crippen LogP contribution in [-0.4, -0.2) is 39.9 Å². The molecule has 12 nitrogen and oxygen atoms in total. The molecular weight excluding hydrogens is 1750 g/mol. The molecule has 4 heterocycles. The highest BCUT2D eigenvalue weighted by Crippen LogP contribution is 2.65. The maximum Gasteiger partial charge on any atom is 0.159 e. The van der Waals surface area contributed by atoms with Crippen LogP contribution in [0.3, 0.4) is 0 Å². The Morgan fingerprint density at radius 2 is 0.389 bits per heavy atom. The zero-order valence-corrected chi connectivity index (χ0v) is 80.9. The van der Waals surface area contributed by atoms with Crippen LogP contribution in [0.5, 0.6) is 0 Å². The highest BCUT2D eigenvalue weighted by atomic mass is 15.2. The molecular formula is C132H96N12. The van der Waals surface area contributed by atoms with Gasteiger partial charge in [-0.1, -0.05) is 322 Å². The van der Waals surface area contributed by atoms with Crippen molar-refractivity contribution >= 4 is 133 Å². The molecule has 4 aliphatic carbocycles. The van der Waals surface area contributed by atoms with Gasteiger partial charge >= 0.3 is 0 Å². The largest absolute Gasteiger partial charge is 0.308 e. The number of anilines is 12. The second kappa shape index (κ2) is 32.8. The molecule has 0 fully saturated rings. The number of hydrogen-bond donors (Lipinski definition) is 0. The summed E-state index contributed by atoms with van der Waals surface area (Å²) in [4.78, 5) is 49.0. The first-order chi connectivity index (χ1) is 70.5. The number of aromatic nitrogens is 8. The lowest BCUT2D eigenvalue weighted by atomic mass is 9.75. The van der Waals surface area contributed by atoms with Crippen LogP contribution >= 0.6 is 0 Å². The summed E-state index contributed by atoms with van der Waals surface area (Å²) in [5, 5.41) is 15.9. The topological polar surface area (TPSA) is 116 Å². The van der Waals surface area contributed by atoms with Crippen LogP contribution in [-0.2, 0) is 21.7 Å². The Hall–Kier alpha value is -18.0. The number of para-hydroxylation sites is 8. The van der Waals surface area contributed by atoms with Crippen molar-refractivity contribution in [2.75, 3.05) is 19.6 Å². The summed E-state index contributed by atoms with van der Waals surface area (Å²) >= 11 is 0. The van der Waals surface area contributed by atoms with Crippen molar-refractivity contribution in [3.05, 3.63) is 482 Å². The van der Waals surface area contributed by atoms with Crippen LogP contribution in [0.15, 0.2) is 438 Å². The summed E-state index contributed by atoms with van der Waals surface area (Å²) in [5.74, 6) is 2.94. The molecule has 28 rings (SSSR count). The van der Waals surface area contributed by atoms with E-state index in [1.54, 1.807) is 0 Å². The maximum absolute atomic E-state index is 5.07. The molecule has 0 atom stereocenters. The summed E-state index contributed by atoms with van der Waals surface area (Å²) in [7, 11) is 0. The number of hydrogen-bond acceptors (Lipinski definition) is 12. The molecule has 0 bridgehead atoms. The van der Waals surface area contributed by atoms with E-state index in [1.165, 1.54) is 154 Å². The minimum absolute atomic E-state index is 0.291. The second-order valence-electron chi connectivity index (χ2n) is 40.5. The van der Waals surface area contributed by atoms with Crippen molar-refractivity contribution in [1.82, 2.24) is 39.9 Å². The Bertz CT molecular complexity index is 7960. The molecule has 0 aliphatic heterocycles. The van der Waals surface area contributed by atoms with Crippen LogP contribution in [0.4, 0.5) is 68.5 Å². The van der Waals surface area contributed by atoms with Gasteiger partial charge in [0.1, 0.15) is 0 Å². The predicted octanol–water partition coefficient (Wildman–Crippen LogP) is 34.1. The zero-order valence-electron chi connectivity index (χ0n) is 80.9. The number of rotatable bonds is 16. The Morgan fingerprint density at radius 3 is 0.618 bits per heavy atom. The van der Waals surface area contributed by atoms with Gasteiger partial charge in [-0.2, -0.15) is 0 Å². The molecule has 4 aliphatic rings. The van der Waals surface area contributed by atoms with Gasteiger partial charge in [-0.3, -0.25) is 19.8 Å². The summed E-state index contributed by atoms with van der Waals surface area (Å²) < 4.78 is 0. The van der Waals surface area contributed by atoms with Gasteiger partial charge in [-0.25, -0.2) is 29.9 Å². The lowest BCUT2D eigenvalue weighted by Crippen LogP contribution is -2.17. The highest BCUT2D eigenvalue weighted by molar-refractivity contribution is 6.35. The molecule has 144 heavy (non-hydrogen) atoms. The number of benzene rings is 20. The van der Waals surface area contributed by atoms with Crippen molar-refractivity contribution in [3.8, 4) is 89.8 Å². The van der Waals surface area contributed by atoms with E-state index in [0.717, 1.165) is 102 Å². The molecule has 0 N–H and O–H groups in total. The van der Waals surface area contributed by atoms with Crippen molar-refractivity contribution in [2.45, 2.75) is 77.0 Å². The fourth-order valence-corrected chi connectivity index (χ4v) is 24.7. The van der Waals surface area contributed by atoms with E-state index in [1.807, 2.05) is 98.1 Å². The molecule has 12 heteroatoms. The average molecular weight is 1850 g/mol. The summed E-state index contributed by atoms with van der Waals surface area (Å²) in [6.45, 7) is 19.2. The number of fused-ring (bicyclic) bond motifs is 20. The first kappa shape index (κ1) is 85.2. The van der Waals surface area contributed by atoms with Crippen LogP contribution in [0.2, 0.25) is 0 Å². The molecule has 20 aromatic carbocycles. The Labute approximate surface area is 836 Å². The SMILES string of the molecule is CC1(C)c2cc(-c3cnc(N(c4ccccc4)c4ccccc4)cn3)ccc2-c2c1c1cccc3c4c(c5cccc2c5c31)C(C)(C)c1cc(-c2cnc(N(c3ccccc3)c3ccccc3)cn2)ccc1-4.CC1(C)c2cc(-c3ncc(N(c4ccccc4)c4ccccc4)cn3)ccc2-c2c1c1cccc3c4c(c5cccc2c5c31)C(C)(C)c1cc(-c2ncc(N(c3ccccc3)c3ccccc3)cn2)ccc1-4. The second-order valence-corrected chi connectivity index (χ2v) is 40.5. The minimum Gasteiger partial charge on any atom is -0.308 e. The first-order valence-electron chi connectivity index (χ1n) is 49.6. The van der Waals surface area contributed by atoms with Crippen molar-refractivity contribution < 1.29 is 0 Å². The van der Waals surface area contributed by atoms with E-state index in [4.69, 9.17) is 39.9 Å². The Balaban J connectivity index is 0.000000143. The molecule has 0 spiro atoms. The Morgan fingerprint density at radius 1 is 0.174 bits per heavy atom. The van der Waals surface area contributed by atoms with Gasteiger partial charge in [0.25, 0.3) is 0 Å². The molecule has 0 saturated carbocycles. The van der Waals surface area contributed by atoms with E-state index >= 15 is 0 Å². The van der Waals surface area contributed by atoms with Crippen molar-refractivity contribution in [2.24, 2.45) is 0 Å². The molecule has 24 aromatic rings. The van der Waals surface area contributed by atoms with E-state index in [-0.39, 0.29) is 21.7 Å². The standard InChI is InChI=1S/2C66H48N6/c1-65(2)55-35-41(63-67-37-47(38-68-63)71(43-19-9-5-10-20-43)44-21-11-6-12-22-44)31-33-49(55)59-51-27-18-30-54-58(51)57-52(28-17-29-53(57)61(59)65)60-50-34-32-42(36-56(50)66(3,4)62(54)60)64-69-39-48(40-70-64)72(45-23-13-7-14-24-45)46-25-15-8-16-26-46;1-65(2)53-35-41(55-37-69-57(39-67-55)71(43-19-9-5-10-20-43)44-21-11-6-12-22-44)31-33-47(53)61-49-27-18-30-52-60(49)59-50(28-17-29-51(59)63(61)65)62-48-34-32-42(36-54(48)66(3,4)64(52)62)56-38-70-58(40-68-56)72(45-23-13-7-14-24-45)46-25-15-8-16-26-46/h2*5-40H,1-4H3. The molecule has 0 amide bonds. The summed E-state index contributed by atoms with van der Waals surface area (Å²) in [6.07, 6.45) is 15.4. The Kier molecular flexibility index (Phi) is 19.4. The van der Waals surface area contributed by atoms with E-state index in [9.17, 15) is 0 Å². The van der Waals surface area contributed by atoms with E-state index < -0.39 is 0 Å². The molecule has 0 unspecified atom stereocenters. The van der Waals surface area contributed by atoms with E-state index in [2.05, 4.69) is 415 Å². The van der Waals surface area contributed by atoms with Crippen LogP contribution < -0.4 is 19.6 Å². The third kappa shape index (κ3) is 13.1. The smallest absolute Gasteiger partial charge is 0.159 e. The maximum atomic E-state index is 5.07. The normalized spacial score (nSPS) is 13.8. The average Bonchev–Trinajstić information content (AvgIpc) is 1.49. The van der Waals surface area contributed by atoms with Crippen LogP contribution in [0.1, 0.15) is 99.9 Å². The lowest BCUT2D eigenvalue weighted by molar-refractivity contribution is 0.666. The molecule has 684 valence electrons. The zero-order chi connectivity index (χ0) is 96.6. The van der Waals surface area contributed by atoms with Crippen molar-refractivity contribution in [1.29, 1.82) is 0 Å². The highest BCUT2D eigenvalue weighted by Gasteiger charge is 2.47. The van der Waals surface area contributed by atoms with Gasteiger partial charge in [0.05, 0.1) is 72.3 Å². The van der Waals surface area contributed by atoms with Crippen LogP contribution in [0, 0.1) is 0 Å². The van der Waals surface area contributed by atoms with Crippen LogP contribution in [0.25, 0.3) is 154 Å². The summed E-state index contributed by atoms with van der Waals surface area (Å²) in [5.41, 5.74) is 36.0. The minimum atomic E-state index is -0.300. The fraction of sp³-hybridized carbons (Fsp3) is 0.0909. The van der Waals surface area contributed by atoms with Gasteiger partial charge in [-0.05, 0) is 275 Å². The molecule has 0 saturated heterocycles. The quantitative estimate of drug-likeness (QED) is 0.0858. The van der Waals surface area contributed by atoms with E-state index in [0.29, 0.717) is 11.6 Å². The predicted molar refractivity (Wildman–Crippen MR) is 593 cm³/mol. The van der Waals surface area contributed by atoms with Gasteiger partial charge in [0.2, 0.25) is 0 Å². The molecule has 0 radical (unpaired) electrons. The third-order valence-electron chi connectivity index (χ3n) is 31.0. The van der Waals surface area contributed by atoms with Gasteiger partial charge in [-0.15, -0.1) is 0 Å².